The highest BCUT2D eigenvalue weighted by molar-refractivity contribution is 6.05. The number of fused-ring (bicyclic) bond motifs is 1. The van der Waals surface area contributed by atoms with E-state index in [0.717, 1.165) is 36.7 Å². The zero-order chi connectivity index (χ0) is 24.4. The molecule has 4 aliphatic rings. The second-order valence-corrected chi connectivity index (χ2v) is 10.6. The van der Waals surface area contributed by atoms with E-state index in [2.05, 4.69) is 10.2 Å². The molecule has 3 fully saturated rings. The fourth-order valence-corrected chi connectivity index (χ4v) is 6.20. The molecule has 0 bridgehead atoms. The molecule has 5 rings (SSSR count). The lowest BCUT2D eigenvalue weighted by atomic mass is 9.86. The van der Waals surface area contributed by atoms with Crippen molar-refractivity contribution in [3.8, 4) is 5.75 Å². The first-order chi connectivity index (χ1) is 17.0. The number of rotatable bonds is 7. The van der Waals surface area contributed by atoms with Crippen molar-refractivity contribution >= 4 is 17.7 Å². The molecule has 2 atom stereocenters. The molecule has 190 valence electrons. The SMILES string of the molecule is COC1CCC(CN2CCCC[C@@H]2COc2ccc3c(c2)CN(C2CCC(=O)NC2=O)C3=O)CC1. The highest BCUT2D eigenvalue weighted by Crippen LogP contribution is 2.32. The third-order valence-corrected chi connectivity index (χ3v) is 8.31. The number of imide groups is 1. The molecule has 1 aromatic rings. The van der Waals surface area contributed by atoms with Crippen LogP contribution in [0.3, 0.4) is 0 Å². The molecule has 8 heteroatoms. The summed E-state index contributed by atoms with van der Waals surface area (Å²) in [7, 11) is 1.82. The van der Waals surface area contributed by atoms with Crippen molar-refractivity contribution in [1.82, 2.24) is 15.1 Å². The average Bonchev–Trinajstić information content (AvgIpc) is 3.19. The number of likely N-dealkylation sites (tertiary alicyclic amines) is 1. The second kappa shape index (κ2) is 10.7. The van der Waals surface area contributed by atoms with Crippen LogP contribution < -0.4 is 10.1 Å². The maximum absolute atomic E-state index is 12.9. The number of methoxy groups -OCH3 is 1. The summed E-state index contributed by atoms with van der Waals surface area (Å²) in [5.41, 5.74) is 1.50. The molecule has 35 heavy (non-hydrogen) atoms. The lowest BCUT2D eigenvalue weighted by Gasteiger charge is -2.39. The summed E-state index contributed by atoms with van der Waals surface area (Å²) >= 11 is 0. The largest absolute Gasteiger partial charge is 0.492 e. The van der Waals surface area contributed by atoms with E-state index in [1.165, 1.54) is 38.5 Å². The van der Waals surface area contributed by atoms with Crippen molar-refractivity contribution in [1.29, 1.82) is 0 Å². The van der Waals surface area contributed by atoms with Gasteiger partial charge < -0.3 is 14.4 Å². The molecule has 2 saturated heterocycles. The monoisotopic (exact) mass is 483 g/mol. The van der Waals surface area contributed by atoms with E-state index in [9.17, 15) is 14.4 Å². The number of nitrogens with one attached hydrogen (secondary N) is 1. The number of hydrogen-bond donors (Lipinski definition) is 1. The molecule has 0 spiro atoms. The first-order valence-corrected chi connectivity index (χ1v) is 13.2. The van der Waals surface area contributed by atoms with Crippen LogP contribution in [0, 0.1) is 5.92 Å². The minimum Gasteiger partial charge on any atom is -0.492 e. The van der Waals surface area contributed by atoms with Crippen molar-refractivity contribution in [3.05, 3.63) is 29.3 Å². The maximum atomic E-state index is 12.9. The molecule has 3 aliphatic heterocycles. The van der Waals surface area contributed by atoms with E-state index in [-0.39, 0.29) is 24.1 Å². The van der Waals surface area contributed by atoms with Crippen LogP contribution in [0.15, 0.2) is 18.2 Å². The van der Waals surface area contributed by atoms with Crippen LogP contribution in [-0.2, 0) is 20.9 Å². The van der Waals surface area contributed by atoms with Crippen LogP contribution >= 0.6 is 0 Å². The average molecular weight is 484 g/mol. The Labute approximate surface area is 207 Å². The third kappa shape index (κ3) is 5.38. The van der Waals surface area contributed by atoms with E-state index in [0.29, 0.717) is 37.3 Å². The number of hydrogen-bond acceptors (Lipinski definition) is 6. The molecule has 1 aliphatic carbocycles. The summed E-state index contributed by atoms with van der Waals surface area (Å²) in [6.45, 7) is 3.30. The van der Waals surface area contributed by atoms with Crippen LogP contribution in [0.4, 0.5) is 0 Å². The minimum atomic E-state index is -0.591. The first kappa shape index (κ1) is 24.3. The molecule has 3 amide bonds. The topological polar surface area (TPSA) is 88.2 Å². The molecule has 8 nitrogen and oxygen atoms in total. The van der Waals surface area contributed by atoms with Gasteiger partial charge in [-0.2, -0.15) is 0 Å². The van der Waals surface area contributed by atoms with Crippen molar-refractivity contribution in [2.45, 2.75) is 82.5 Å². The van der Waals surface area contributed by atoms with Gasteiger partial charge in [0.05, 0.1) is 6.10 Å². The van der Waals surface area contributed by atoms with Crippen molar-refractivity contribution in [2.75, 3.05) is 26.8 Å². The predicted molar refractivity (Wildman–Crippen MR) is 130 cm³/mol. The second-order valence-electron chi connectivity index (χ2n) is 10.6. The van der Waals surface area contributed by atoms with Crippen LogP contribution in [0.1, 0.15) is 73.7 Å². The van der Waals surface area contributed by atoms with Crippen molar-refractivity contribution in [2.24, 2.45) is 5.92 Å². The van der Waals surface area contributed by atoms with Gasteiger partial charge >= 0.3 is 0 Å². The number of piperidine rings is 2. The van der Waals surface area contributed by atoms with Gasteiger partial charge in [0.25, 0.3) is 5.91 Å². The lowest BCUT2D eigenvalue weighted by Crippen LogP contribution is -2.52. The number of benzene rings is 1. The Balaban J connectivity index is 1.17. The Morgan fingerprint density at radius 3 is 2.63 bits per heavy atom. The summed E-state index contributed by atoms with van der Waals surface area (Å²) in [4.78, 5) is 40.9. The van der Waals surface area contributed by atoms with E-state index in [4.69, 9.17) is 9.47 Å². The smallest absolute Gasteiger partial charge is 0.255 e. The number of amides is 3. The van der Waals surface area contributed by atoms with Crippen LogP contribution in [0.5, 0.6) is 5.75 Å². The van der Waals surface area contributed by atoms with Gasteiger partial charge in [-0.3, -0.25) is 24.6 Å². The van der Waals surface area contributed by atoms with E-state index >= 15 is 0 Å². The zero-order valence-corrected chi connectivity index (χ0v) is 20.7. The summed E-state index contributed by atoms with van der Waals surface area (Å²) in [5.74, 6) is 0.708. The number of ether oxygens (including phenoxy) is 2. The van der Waals surface area contributed by atoms with Crippen LogP contribution in [-0.4, -0.2) is 72.5 Å². The summed E-state index contributed by atoms with van der Waals surface area (Å²) in [6.07, 6.45) is 9.52. The minimum absolute atomic E-state index is 0.150. The molecule has 1 N–H and O–H groups in total. The van der Waals surface area contributed by atoms with Gasteiger partial charge in [-0.15, -0.1) is 0 Å². The summed E-state index contributed by atoms with van der Waals surface area (Å²) in [6, 6.07) is 5.44. The Morgan fingerprint density at radius 1 is 1.03 bits per heavy atom. The van der Waals surface area contributed by atoms with Gasteiger partial charge in [0.1, 0.15) is 18.4 Å². The number of carbonyl (C=O) groups excluding carboxylic acids is 3. The van der Waals surface area contributed by atoms with E-state index < -0.39 is 6.04 Å². The van der Waals surface area contributed by atoms with Gasteiger partial charge in [0, 0.05) is 38.2 Å². The quantitative estimate of drug-likeness (QED) is 0.600. The molecule has 1 saturated carbocycles. The van der Waals surface area contributed by atoms with Gasteiger partial charge in [-0.25, -0.2) is 0 Å². The molecule has 1 aromatic carbocycles. The molecule has 1 unspecified atom stereocenters. The molecular weight excluding hydrogens is 446 g/mol. The fourth-order valence-electron chi connectivity index (χ4n) is 6.20. The Bertz CT molecular complexity index is 958. The number of nitrogens with zero attached hydrogens (tertiary/aromatic N) is 2. The Hall–Kier alpha value is -2.45. The highest BCUT2D eigenvalue weighted by Gasteiger charge is 2.39. The zero-order valence-electron chi connectivity index (χ0n) is 20.7. The van der Waals surface area contributed by atoms with Crippen LogP contribution in [0.2, 0.25) is 0 Å². The molecular formula is C27H37N3O5. The van der Waals surface area contributed by atoms with Gasteiger partial charge in [0.15, 0.2) is 0 Å². The lowest BCUT2D eigenvalue weighted by molar-refractivity contribution is -0.136. The first-order valence-electron chi connectivity index (χ1n) is 13.2. The Morgan fingerprint density at radius 2 is 1.86 bits per heavy atom. The van der Waals surface area contributed by atoms with Gasteiger partial charge in [-0.05, 0) is 81.2 Å². The van der Waals surface area contributed by atoms with E-state index in [1.54, 1.807) is 4.90 Å². The summed E-state index contributed by atoms with van der Waals surface area (Å²) in [5, 5.41) is 2.35. The van der Waals surface area contributed by atoms with Gasteiger partial charge in [0.2, 0.25) is 11.8 Å². The Kier molecular flexibility index (Phi) is 7.39. The molecule has 0 radical (unpaired) electrons. The summed E-state index contributed by atoms with van der Waals surface area (Å²) < 4.78 is 11.8. The van der Waals surface area contributed by atoms with Crippen molar-refractivity contribution in [3.63, 3.8) is 0 Å². The maximum Gasteiger partial charge on any atom is 0.255 e. The highest BCUT2D eigenvalue weighted by atomic mass is 16.5. The normalized spacial score (nSPS) is 29.7. The number of carbonyl (C=O) groups is 3. The van der Waals surface area contributed by atoms with E-state index in [1.807, 2.05) is 25.3 Å². The third-order valence-electron chi connectivity index (χ3n) is 8.31. The van der Waals surface area contributed by atoms with Crippen molar-refractivity contribution < 1.29 is 23.9 Å². The van der Waals surface area contributed by atoms with Crippen LogP contribution in [0.25, 0.3) is 0 Å². The molecule has 3 heterocycles. The predicted octanol–water partition coefficient (Wildman–Crippen LogP) is 2.89. The molecule has 0 aromatic heterocycles. The van der Waals surface area contributed by atoms with Gasteiger partial charge in [-0.1, -0.05) is 6.42 Å². The fraction of sp³-hybridized carbons (Fsp3) is 0.667. The standard InChI is InChI=1S/C27H37N3O5/c1-34-21-7-5-18(6-8-21)15-29-13-3-2-4-20(29)17-35-22-9-10-23-19(14-22)16-30(27(23)33)24-11-12-25(31)28-26(24)32/h9-10,14,18,20-21,24H,2-8,11-13,15-17H2,1H3,(H,28,31,32)/t18?,20-,21?,24?/m1/s1.